The summed E-state index contributed by atoms with van der Waals surface area (Å²) in [6.45, 7) is 0. The minimum Gasteiger partial charge on any atom is -0.481 e. The van der Waals surface area contributed by atoms with Crippen LogP contribution >= 0.6 is 11.6 Å². The Balaban J connectivity index is 1.65. The lowest BCUT2D eigenvalue weighted by Gasteiger charge is -2.10. The Hall–Kier alpha value is -3.83. The fourth-order valence-corrected chi connectivity index (χ4v) is 4.18. The van der Waals surface area contributed by atoms with Gasteiger partial charge in [-0.2, -0.15) is 0 Å². The van der Waals surface area contributed by atoms with E-state index in [-0.39, 0.29) is 12.0 Å². The average molecular weight is 429 g/mol. The van der Waals surface area contributed by atoms with E-state index in [0.717, 1.165) is 27.4 Å². The van der Waals surface area contributed by atoms with Gasteiger partial charge in [0.15, 0.2) is 0 Å². The number of hydrogen-bond donors (Lipinski definition) is 3. The van der Waals surface area contributed by atoms with E-state index in [2.05, 4.69) is 9.97 Å². The summed E-state index contributed by atoms with van der Waals surface area (Å²) in [6.07, 6.45) is 1.80. The van der Waals surface area contributed by atoms with Gasteiger partial charge in [0.2, 0.25) is 0 Å². The zero-order valence-corrected chi connectivity index (χ0v) is 17.0. The first-order valence-electron chi connectivity index (χ1n) is 9.73. The summed E-state index contributed by atoms with van der Waals surface area (Å²) in [5.41, 5.74) is 5.04. The van der Waals surface area contributed by atoms with Crippen molar-refractivity contribution in [1.82, 2.24) is 9.97 Å². The lowest BCUT2D eigenvalue weighted by molar-refractivity contribution is -0.136. The number of H-pyrrole nitrogens is 2. The highest BCUT2D eigenvalue weighted by molar-refractivity contribution is 6.34. The van der Waals surface area contributed by atoms with Crippen molar-refractivity contribution >= 4 is 39.4 Å². The molecule has 0 bridgehead atoms. The third kappa shape index (κ3) is 3.60. The van der Waals surface area contributed by atoms with E-state index in [1.165, 1.54) is 0 Å². The van der Waals surface area contributed by atoms with Crippen molar-refractivity contribution in [1.29, 1.82) is 0 Å². The molecule has 0 radical (unpaired) electrons. The Morgan fingerprint density at radius 1 is 0.871 bits per heavy atom. The lowest BCUT2D eigenvalue weighted by Crippen LogP contribution is -2.09. The van der Waals surface area contributed by atoms with Crippen molar-refractivity contribution in [2.75, 3.05) is 0 Å². The average Bonchev–Trinajstić information content (AvgIpc) is 3.20. The number of fused-ring (bicyclic) bond motifs is 2. The highest BCUT2D eigenvalue weighted by Gasteiger charge is 2.12. The number of hydrogen-bond acceptors (Lipinski definition) is 2. The highest BCUT2D eigenvalue weighted by atomic mass is 35.5. The minimum absolute atomic E-state index is 0.0969. The number of carboxylic acid groups (broad SMARTS) is 1. The molecule has 2 heterocycles. The van der Waals surface area contributed by atoms with Gasteiger partial charge in [-0.1, -0.05) is 48.0 Å². The number of aromatic nitrogens is 2. The molecule has 0 saturated heterocycles. The number of benzene rings is 3. The zero-order valence-electron chi connectivity index (χ0n) is 16.3. The number of nitrogens with one attached hydrogen (secondary N) is 2. The largest absolute Gasteiger partial charge is 0.481 e. The molecule has 0 amide bonds. The Kier molecular flexibility index (Phi) is 4.60. The van der Waals surface area contributed by atoms with Crippen molar-refractivity contribution in [2.24, 2.45) is 0 Å². The van der Waals surface area contributed by atoms with Gasteiger partial charge in [-0.05, 0) is 57.8 Å². The molecule has 5 rings (SSSR count). The van der Waals surface area contributed by atoms with Crippen molar-refractivity contribution in [3.63, 3.8) is 0 Å². The number of carboxylic acids is 1. The monoisotopic (exact) mass is 428 g/mol. The van der Waals surface area contributed by atoms with Crippen molar-refractivity contribution in [3.05, 3.63) is 93.9 Å². The molecular formula is C25H17ClN2O3. The molecule has 2 aromatic heterocycles. The maximum Gasteiger partial charge on any atom is 0.307 e. The molecular weight excluding hydrogens is 412 g/mol. The Labute approximate surface area is 181 Å². The van der Waals surface area contributed by atoms with E-state index in [0.29, 0.717) is 27.2 Å². The predicted molar refractivity (Wildman–Crippen MR) is 124 cm³/mol. The third-order valence-corrected chi connectivity index (χ3v) is 5.70. The van der Waals surface area contributed by atoms with E-state index in [1.54, 1.807) is 30.3 Å². The quantitative estimate of drug-likeness (QED) is 0.347. The first kappa shape index (κ1) is 19.2. The summed E-state index contributed by atoms with van der Waals surface area (Å²) in [6, 6.07) is 20.7. The first-order chi connectivity index (χ1) is 15.0. The topological polar surface area (TPSA) is 85.9 Å². The molecule has 5 aromatic rings. The van der Waals surface area contributed by atoms with E-state index in [9.17, 15) is 9.59 Å². The highest BCUT2D eigenvalue weighted by Crippen LogP contribution is 2.33. The van der Waals surface area contributed by atoms with Crippen LogP contribution in [-0.2, 0) is 11.2 Å². The molecule has 3 aromatic carbocycles. The van der Waals surface area contributed by atoms with Crippen LogP contribution in [0.1, 0.15) is 5.56 Å². The van der Waals surface area contributed by atoms with E-state index in [4.69, 9.17) is 16.7 Å². The standard InChI is InChI=1S/C25H17ClN2O3/c26-21-13-23-18(10-19(21)17-5-4-15-6-7-27-22(15)12-17)11-20(25(31)28-23)16-3-1-2-14(8-16)9-24(29)30/h1-8,10-13,27H,9H2,(H,28,31)(H,29,30). The van der Waals surface area contributed by atoms with Crippen LogP contribution in [0.15, 0.2) is 77.7 Å². The summed E-state index contributed by atoms with van der Waals surface area (Å²) in [4.78, 5) is 29.9. The fraction of sp³-hybridized carbons (Fsp3) is 0.0400. The zero-order chi connectivity index (χ0) is 21.5. The molecule has 0 aliphatic rings. The maximum atomic E-state index is 12.7. The molecule has 152 valence electrons. The van der Waals surface area contributed by atoms with Gasteiger partial charge in [-0.15, -0.1) is 0 Å². The molecule has 0 fully saturated rings. The summed E-state index contributed by atoms with van der Waals surface area (Å²) in [7, 11) is 0. The molecule has 0 saturated carbocycles. The number of halogens is 1. The number of aliphatic carboxylic acids is 1. The van der Waals surface area contributed by atoms with Gasteiger partial charge in [0, 0.05) is 28.4 Å². The number of aromatic amines is 2. The molecule has 3 N–H and O–H groups in total. The molecule has 0 aliphatic heterocycles. The third-order valence-electron chi connectivity index (χ3n) is 5.39. The second kappa shape index (κ2) is 7.45. The van der Waals surface area contributed by atoms with E-state index >= 15 is 0 Å². The van der Waals surface area contributed by atoms with Crippen LogP contribution in [0, 0.1) is 0 Å². The van der Waals surface area contributed by atoms with Gasteiger partial charge < -0.3 is 15.1 Å². The van der Waals surface area contributed by atoms with Crippen LogP contribution in [0.2, 0.25) is 5.02 Å². The summed E-state index contributed by atoms with van der Waals surface area (Å²) in [5.74, 6) is -0.914. The van der Waals surface area contributed by atoms with Crippen molar-refractivity contribution in [2.45, 2.75) is 6.42 Å². The number of rotatable bonds is 4. The Bertz CT molecular complexity index is 1530. The first-order valence-corrected chi connectivity index (χ1v) is 10.1. The summed E-state index contributed by atoms with van der Waals surface area (Å²) >= 11 is 6.55. The van der Waals surface area contributed by atoms with Crippen LogP contribution in [0.5, 0.6) is 0 Å². The maximum absolute atomic E-state index is 12.7. The second-order valence-corrected chi connectivity index (χ2v) is 7.89. The predicted octanol–water partition coefficient (Wildman–Crippen LogP) is 5.62. The summed E-state index contributed by atoms with van der Waals surface area (Å²) in [5, 5.41) is 11.6. The van der Waals surface area contributed by atoms with Crippen molar-refractivity contribution < 1.29 is 9.90 Å². The molecule has 0 spiro atoms. The molecule has 0 atom stereocenters. The molecule has 0 unspecified atom stereocenters. The number of pyridine rings is 1. The molecule has 0 aliphatic carbocycles. The molecule has 5 nitrogen and oxygen atoms in total. The van der Waals surface area contributed by atoms with Crippen LogP contribution < -0.4 is 5.56 Å². The minimum atomic E-state index is -0.914. The summed E-state index contributed by atoms with van der Waals surface area (Å²) < 4.78 is 0. The van der Waals surface area contributed by atoms with Gasteiger partial charge in [0.05, 0.1) is 11.4 Å². The smallest absolute Gasteiger partial charge is 0.307 e. The van der Waals surface area contributed by atoms with E-state index < -0.39 is 5.97 Å². The number of carbonyl (C=O) groups is 1. The van der Waals surface area contributed by atoms with Crippen LogP contribution in [-0.4, -0.2) is 21.0 Å². The van der Waals surface area contributed by atoms with Crippen LogP contribution in [0.25, 0.3) is 44.1 Å². The van der Waals surface area contributed by atoms with Gasteiger partial charge in [0.25, 0.3) is 5.56 Å². The molecule has 31 heavy (non-hydrogen) atoms. The molecule has 6 heteroatoms. The van der Waals surface area contributed by atoms with E-state index in [1.807, 2.05) is 42.6 Å². The van der Waals surface area contributed by atoms with Gasteiger partial charge in [-0.3, -0.25) is 9.59 Å². The second-order valence-electron chi connectivity index (χ2n) is 7.48. The van der Waals surface area contributed by atoms with Crippen LogP contribution in [0.3, 0.4) is 0 Å². The Morgan fingerprint density at radius 2 is 1.68 bits per heavy atom. The van der Waals surface area contributed by atoms with Gasteiger partial charge in [0.1, 0.15) is 0 Å². The van der Waals surface area contributed by atoms with Crippen LogP contribution in [0.4, 0.5) is 0 Å². The Morgan fingerprint density at radius 3 is 2.52 bits per heavy atom. The lowest BCUT2D eigenvalue weighted by atomic mass is 9.99. The fourth-order valence-electron chi connectivity index (χ4n) is 3.90. The van der Waals surface area contributed by atoms with Gasteiger partial charge >= 0.3 is 5.97 Å². The SMILES string of the molecule is O=C(O)Cc1cccc(-c2cc3cc(-c4ccc5cc[nH]c5c4)c(Cl)cc3[nH]c2=O)c1. The van der Waals surface area contributed by atoms with Crippen molar-refractivity contribution in [3.8, 4) is 22.3 Å². The normalized spacial score (nSPS) is 11.3. The van der Waals surface area contributed by atoms with Gasteiger partial charge in [-0.25, -0.2) is 0 Å².